The van der Waals surface area contributed by atoms with Crippen LogP contribution >= 0.6 is 0 Å². The Balaban J connectivity index is 2.86. The molecular weight excluding hydrogens is 168 g/mol. The summed E-state index contributed by atoms with van der Waals surface area (Å²) in [6, 6.07) is 1.70. The number of aliphatic imine (C=N–C) groups is 1. The SMILES string of the molecule is C=C(O)NC(=NC)c1ncccn1. The van der Waals surface area contributed by atoms with Gasteiger partial charge in [-0.2, -0.15) is 0 Å². The molecule has 1 rings (SSSR count). The summed E-state index contributed by atoms with van der Waals surface area (Å²) in [5.41, 5.74) is 0. The average Bonchev–Trinajstić information content (AvgIpc) is 2.15. The molecule has 0 spiro atoms. The Kier molecular flexibility index (Phi) is 2.97. The van der Waals surface area contributed by atoms with Crippen molar-refractivity contribution in [1.82, 2.24) is 15.3 Å². The van der Waals surface area contributed by atoms with Gasteiger partial charge in [0.2, 0.25) is 0 Å². The number of hydrogen-bond donors (Lipinski definition) is 2. The van der Waals surface area contributed by atoms with Crippen LogP contribution in [0.4, 0.5) is 0 Å². The standard InChI is InChI=1S/C8H10N4O/c1-6(13)12-7(9-2)8-10-4-3-5-11-8/h3-5,13H,1H2,2H3,(H,9,12). The van der Waals surface area contributed by atoms with E-state index in [-0.39, 0.29) is 5.88 Å². The molecule has 1 heterocycles. The normalized spacial score (nSPS) is 11.0. The minimum absolute atomic E-state index is 0.187. The number of hydrogen-bond acceptors (Lipinski definition) is 4. The van der Waals surface area contributed by atoms with Crippen LogP contribution in [0.2, 0.25) is 0 Å². The van der Waals surface area contributed by atoms with Gasteiger partial charge in [-0.1, -0.05) is 0 Å². The number of nitrogens with zero attached hydrogens (tertiary/aromatic N) is 3. The number of rotatable bonds is 2. The molecule has 0 aliphatic heterocycles. The van der Waals surface area contributed by atoms with Crippen LogP contribution in [-0.4, -0.2) is 28.0 Å². The van der Waals surface area contributed by atoms with Crippen molar-refractivity contribution in [3.8, 4) is 0 Å². The van der Waals surface area contributed by atoms with Crippen LogP contribution in [0.5, 0.6) is 0 Å². The predicted molar refractivity (Wildman–Crippen MR) is 49.4 cm³/mol. The maximum absolute atomic E-state index is 8.87. The third-order valence-corrected chi connectivity index (χ3v) is 1.26. The topological polar surface area (TPSA) is 70.4 Å². The third-order valence-electron chi connectivity index (χ3n) is 1.26. The molecule has 0 radical (unpaired) electrons. The van der Waals surface area contributed by atoms with Gasteiger partial charge in [0.1, 0.15) is 0 Å². The summed E-state index contributed by atoms with van der Waals surface area (Å²) in [5, 5.41) is 11.4. The zero-order valence-corrected chi connectivity index (χ0v) is 7.23. The molecule has 0 fully saturated rings. The van der Waals surface area contributed by atoms with E-state index in [4.69, 9.17) is 5.11 Å². The van der Waals surface area contributed by atoms with Crippen molar-refractivity contribution < 1.29 is 5.11 Å². The fraction of sp³-hybridized carbons (Fsp3) is 0.125. The quantitative estimate of drug-likeness (QED) is 0.392. The van der Waals surface area contributed by atoms with Crippen molar-refractivity contribution in [2.75, 3.05) is 7.05 Å². The summed E-state index contributed by atoms with van der Waals surface area (Å²) in [7, 11) is 1.57. The molecule has 0 amide bonds. The number of amidine groups is 1. The lowest BCUT2D eigenvalue weighted by Gasteiger charge is -2.04. The molecule has 5 nitrogen and oxygen atoms in total. The van der Waals surface area contributed by atoms with Crippen LogP contribution in [0.15, 0.2) is 35.9 Å². The first kappa shape index (κ1) is 9.18. The number of aliphatic hydroxyl groups excluding tert-OH is 1. The Morgan fingerprint density at radius 3 is 2.62 bits per heavy atom. The highest BCUT2D eigenvalue weighted by Crippen LogP contribution is 1.90. The van der Waals surface area contributed by atoms with E-state index in [0.29, 0.717) is 11.7 Å². The molecule has 5 heteroatoms. The molecule has 68 valence electrons. The fourth-order valence-electron chi connectivity index (χ4n) is 0.770. The van der Waals surface area contributed by atoms with Crippen LogP contribution in [0.1, 0.15) is 5.82 Å². The van der Waals surface area contributed by atoms with Crippen molar-refractivity contribution in [3.63, 3.8) is 0 Å². The third kappa shape index (κ3) is 2.55. The highest BCUT2D eigenvalue weighted by atomic mass is 16.3. The van der Waals surface area contributed by atoms with Crippen LogP contribution in [-0.2, 0) is 0 Å². The molecule has 1 aromatic rings. The van der Waals surface area contributed by atoms with E-state index < -0.39 is 0 Å². The van der Waals surface area contributed by atoms with Gasteiger partial charge in [-0.3, -0.25) is 4.99 Å². The summed E-state index contributed by atoms with van der Waals surface area (Å²) in [4.78, 5) is 11.8. The zero-order valence-electron chi connectivity index (χ0n) is 7.23. The van der Waals surface area contributed by atoms with Gasteiger partial charge in [-0.05, 0) is 12.6 Å². The highest BCUT2D eigenvalue weighted by Gasteiger charge is 2.04. The molecule has 1 aromatic heterocycles. The average molecular weight is 178 g/mol. The first-order chi connectivity index (χ1) is 6.24. The van der Waals surface area contributed by atoms with Gasteiger partial charge in [0.25, 0.3) is 0 Å². The summed E-state index contributed by atoms with van der Waals surface area (Å²) < 4.78 is 0. The molecule has 0 unspecified atom stereocenters. The fourth-order valence-corrected chi connectivity index (χ4v) is 0.770. The van der Waals surface area contributed by atoms with E-state index in [2.05, 4.69) is 26.9 Å². The maximum Gasteiger partial charge on any atom is 0.195 e. The van der Waals surface area contributed by atoms with Gasteiger partial charge in [0.15, 0.2) is 17.5 Å². The summed E-state index contributed by atoms with van der Waals surface area (Å²) >= 11 is 0. The van der Waals surface area contributed by atoms with Crippen molar-refractivity contribution in [3.05, 3.63) is 36.7 Å². The van der Waals surface area contributed by atoms with Crippen molar-refractivity contribution in [2.24, 2.45) is 4.99 Å². The van der Waals surface area contributed by atoms with E-state index >= 15 is 0 Å². The minimum Gasteiger partial charge on any atom is -0.495 e. The summed E-state index contributed by atoms with van der Waals surface area (Å²) in [6.07, 6.45) is 3.19. The zero-order chi connectivity index (χ0) is 9.68. The number of aliphatic hydroxyl groups is 1. The first-order valence-electron chi connectivity index (χ1n) is 3.63. The smallest absolute Gasteiger partial charge is 0.195 e. The van der Waals surface area contributed by atoms with Crippen LogP contribution in [0.25, 0.3) is 0 Å². The van der Waals surface area contributed by atoms with Gasteiger partial charge in [-0.15, -0.1) is 0 Å². The van der Waals surface area contributed by atoms with Gasteiger partial charge in [0, 0.05) is 19.4 Å². The Labute approximate surface area is 75.9 Å². The van der Waals surface area contributed by atoms with E-state index in [1.807, 2.05) is 0 Å². The second kappa shape index (κ2) is 4.20. The highest BCUT2D eigenvalue weighted by molar-refractivity contribution is 5.96. The Morgan fingerprint density at radius 2 is 2.15 bits per heavy atom. The molecular formula is C8H10N4O. The van der Waals surface area contributed by atoms with Crippen molar-refractivity contribution >= 4 is 5.84 Å². The van der Waals surface area contributed by atoms with E-state index in [0.717, 1.165) is 0 Å². The van der Waals surface area contributed by atoms with E-state index in [9.17, 15) is 0 Å². The minimum atomic E-state index is -0.187. The molecule has 0 aliphatic rings. The van der Waals surface area contributed by atoms with Gasteiger partial charge in [-0.25, -0.2) is 9.97 Å². The van der Waals surface area contributed by atoms with E-state index in [1.165, 1.54) is 0 Å². The molecule has 0 aromatic carbocycles. The van der Waals surface area contributed by atoms with Gasteiger partial charge in [0.05, 0.1) is 0 Å². The largest absolute Gasteiger partial charge is 0.495 e. The van der Waals surface area contributed by atoms with Crippen LogP contribution in [0, 0.1) is 0 Å². The predicted octanol–water partition coefficient (Wildman–Crippen LogP) is 0.472. The lowest BCUT2D eigenvalue weighted by molar-refractivity contribution is 0.391. The lowest BCUT2D eigenvalue weighted by Crippen LogP contribution is -2.25. The second-order valence-electron chi connectivity index (χ2n) is 2.22. The van der Waals surface area contributed by atoms with Crippen LogP contribution < -0.4 is 5.32 Å². The number of aromatic nitrogens is 2. The molecule has 0 saturated carbocycles. The van der Waals surface area contributed by atoms with E-state index in [1.54, 1.807) is 25.5 Å². The molecule has 0 atom stereocenters. The Bertz CT molecular complexity index is 320. The van der Waals surface area contributed by atoms with Crippen LogP contribution in [0.3, 0.4) is 0 Å². The van der Waals surface area contributed by atoms with Crippen molar-refractivity contribution in [1.29, 1.82) is 0 Å². The Hall–Kier alpha value is -1.91. The molecule has 0 saturated heterocycles. The van der Waals surface area contributed by atoms with Crippen molar-refractivity contribution in [2.45, 2.75) is 0 Å². The second-order valence-corrected chi connectivity index (χ2v) is 2.22. The monoisotopic (exact) mass is 178 g/mol. The van der Waals surface area contributed by atoms with Gasteiger partial charge < -0.3 is 10.4 Å². The molecule has 13 heavy (non-hydrogen) atoms. The lowest BCUT2D eigenvalue weighted by atomic mass is 10.5. The number of nitrogens with one attached hydrogen (secondary N) is 1. The Morgan fingerprint density at radius 1 is 1.54 bits per heavy atom. The van der Waals surface area contributed by atoms with Gasteiger partial charge >= 0.3 is 0 Å². The molecule has 2 N–H and O–H groups in total. The molecule has 0 bridgehead atoms. The maximum atomic E-state index is 8.87. The first-order valence-corrected chi connectivity index (χ1v) is 3.63. The molecule has 0 aliphatic carbocycles. The summed E-state index contributed by atoms with van der Waals surface area (Å²) in [5.74, 6) is 0.612. The summed E-state index contributed by atoms with van der Waals surface area (Å²) in [6.45, 7) is 3.28.